The summed E-state index contributed by atoms with van der Waals surface area (Å²) in [4.78, 5) is 11.8. The fourth-order valence-corrected chi connectivity index (χ4v) is 3.18. The summed E-state index contributed by atoms with van der Waals surface area (Å²) in [6.07, 6.45) is -3.89. The van der Waals surface area contributed by atoms with E-state index >= 15 is 0 Å². The van der Waals surface area contributed by atoms with Crippen LogP contribution >= 0.6 is 0 Å². The van der Waals surface area contributed by atoms with Crippen LogP contribution < -0.4 is 15.8 Å². The van der Waals surface area contributed by atoms with E-state index in [-0.39, 0.29) is 16.9 Å². The Hall–Kier alpha value is -2.54. The maximum absolute atomic E-state index is 13.7. The van der Waals surface area contributed by atoms with E-state index in [1.165, 1.54) is 6.07 Å². The Morgan fingerprint density at radius 2 is 1.96 bits per heavy atom. The molecule has 0 radical (unpaired) electrons. The summed E-state index contributed by atoms with van der Waals surface area (Å²) in [5, 5.41) is 3.19. The van der Waals surface area contributed by atoms with Gasteiger partial charge in [0.1, 0.15) is 11.3 Å². The third kappa shape index (κ3) is 3.19. The van der Waals surface area contributed by atoms with Gasteiger partial charge in [-0.3, -0.25) is 4.79 Å². The standard InChI is InChI=1S/C18H17F3N2O2/c1-25-14-5-4-13(17(22)24)15(16(14)18(19,20)21)11-3-2-10-6-7-23-9-12(10)8-11/h2-5,8,23H,6-7,9H2,1H3,(H2,22,24). The molecule has 1 heterocycles. The number of hydrogen-bond donors (Lipinski definition) is 2. The molecule has 0 bridgehead atoms. The minimum absolute atomic E-state index is 0.183. The summed E-state index contributed by atoms with van der Waals surface area (Å²) >= 11 is 0. The number of nitrogens with one attached hydrogen (secondary N) is 1. The molecule has 132 valence electrons. The lowest BCUT2D eigenvalue weighted by Crippen LogP contribution is -2.23. The highest BCUT2D eigenvalue weighted by Crippen LogP contribution is 2.44. The fourth-order valence-electron chi connectivity index (χ4n) is 3.18. The topological polar surface area (TPSA) is 64.3 Å². The van der Waals surface area contributed by atoms with Crippen LogP contribution in [0.15, 0.2) is 30.3 Å². The number of rotatable bonds is 3. The van der Waals surface area contributed by atoms with Gasteiger partial charge in [0, 0.05) is 17.7 Å². The Kier molecular flexibility index (Phi) is 4.43. The summed E-state index contributed by atoms with van der Waals surface area (Å²) in [5.41, 5.74) is 6.21. The molecule has 2 aromatic carbocycles. The van der Waals surface area contributed by atoms with E-state index in [0.717, 1.165) is 37.3 Å². The van der Waals surface area contributed by atoms with Crippen LogP contribution in [0.2, 0.25) is 0 Å². The number of alkyl halides is 3. The van der Waals surface area contributed by atoms with Crippen LogP contribution in [0.5, 0.6) is 5.75 Å². The summed E-state index contributed by atoms with van der Waals surface area (Å²) in [6, 6.07) is 7.46. The monoisotopic (exact) mass is 350 g/mol. The zero-order valence-corrected chi connectivity index (χ0v) is 13.5. The predicted molar refractivity (Wildman–Crippen MR) is 87.4 cm³/mol. The number of halogens is 3. The smallest absolute Gasteiger partial charge is 0.420 e. The van der Waals surface area contributed by atoms with Crippen molar-refractivity contribution in [2.75, 3.05) is 13.7 Å². The average molecular weight is 350 g/mol. The number of carbonyl (C=O) groups is 1. The van der Waals surface area contributed by atoms with Crippen molar-refractivity contribution >= 4 is 5.91 Å². The molecule has 0 aromatic heterocycles. The van der Waals surface area contributed by atoms with Gasteiger partial charge in [0.25, 0.3) is 0 Å². The van der Waals surface area contributed by atoms with Crippen molar-refractivity contribution in [1.82, 2.24) is 5.32 Å². The van der Waals surface area contributed by atoms with Gasteiger partial charge in [0.15, 0.2) is 0 Å². The van der Waals surface area contributed by atoms with Crippen LogP contribution in [0.3, 0.4) is 0 Å². The number of nitrogens with two attached hydrogens (primary N) is 1. The number of methoxy groups -OCH3 is 1. The second-order valence-corrected chi connectivity index (χ2v) is 5.84. The van der Waals surface area contributed by atoms with Crippen molar-refractivity contribution in [3.05, 3.63) is 52.6 Å². The summed E-state index contributed by atoms with van der Waals surface area (Å²) in [6.45, 7) is 1.40. The molecular formula is C18H17F3N2O2. The van der Waals surface area contributed by atoms with E-state index in [9.17, 15) is 18.0 Å². The molecule has 1 aliphatic rings. The Bertz CT molecular complexity index is 832. The largest absolute Gasteiger partial charge is 0.496 e. The Labute approximate surface area is 142 Å². The number of fused-ring (bicyclic) bond motifs is 1. The minimum atomic E-state index is -4.69. The molecule has 2 aromatic rings. The van der Waals surface area contributed by atoms with E-state index in [0.29, 0.717) is 12.1 Å². The number of benzene rings is 2. The minimum Gasteiger partial charge on any atom is -0.496 e. The lowest BCUT2D eigenvalue weighted by atomic mass is 9.89. The van der Waals surface area contributed by atoms with Crippen molar-refractivity contribution in [3.8, 4) is 16.9 Å². The van der Waals surface area contributed by atoms with Crippen molar-refractivity contribution in [2.24, 2.45) is 5.73 Å². The van der Waals surface area contributed by atoms with Crippen LogP contribution in [-0.4, -0.2) is 19.6 Å². The zero-order valence-electron chi connectivity index (χ0n) is 13.5. The number of primary amides is 1. The van der Waals surface area contributed by atoms with Crippen LogP contribution in [0, 0.1) is 0 Å². The van der Waals surface area contributed by atoms with Gasteiger partial charge in [-0.15, -0.1) is 0 Å². The van der Waals surface area contributed by atoms with E-state index in [1.54, 1.807) is 18.2 Å². The Morgan fingerprint density at radius 3 is 2.60 bits per heavy atom. The highest BCUT2D eigenvalue weighted by molar-refractivity contribution is 6.01. The molecule has 0 saturated heterocycles. The van der Waals surface area contributed by atoms with Gasteiger partial charge in [0.2, 0.25) is 5.91 Å². The molecule has 0 saturated carbocycles. The molecule has 3 N–H and O–H groups in total. The first-order chi connectivity index (χ1) is 11.8. The molecule has 4 nitrogen and oxygen atoms in total. The van der Waals surface area contributed by atoms with Crippen molar-refractivity contribution < 1.29 is 22.7 Å². The average Bonchev–Trinajstić information content (AvgIpc) is 2.59. The van der Waals surface area contributed by atoms with Gasteiger partial charge < -0.3 is 15.8 Å². The van der Waals surface area contributed by atoms with Crippen LogP contribution in [-0.2, 0) is 19.1 Å². The van der Waals surface area contributed by atoms with Crippen molar-refractivity contribution in [3.63, 3.8) is 0 Å². The maximum atomic E-state index is 13.7. The number of ether oxygens (including phenoxy) is 1. The van der Waals surface area contributed by atoms with Gasteiger partial charge >= 0.3 is 6.18 Å². The molecule has 1 amide bonds. The highest BCUT2D eigenvalue weighted by atomic mass is 19.4. The summed E-state index contributed by atoms with van der Waals surface area (Å²) in [5.74, 6) is -1.26. The van der Waals surface area contributed by atoms with Crippen LogP contribution in [0.25, 0.3) is 11.1 Å². The first-order valence-electron chi connectivity index (χ1n) is 7.74. The zero-order chi connectivity index (χ0) is 18.2. The first-order valence-corrected chi connectivity index (χ1v) is 7.74. The van der Waals surface area contributed by atoms with Gasteiger partial charge in [-0.1, -0.05) is 12.1 Å². The van der Waals surface area contributed by atoms with Gasteiger partial charge in [-0.2, -0.15) is 13.2 Å². The maximum Gasteiger partial charge on any atom is 0.420 e. The normalized spacial score (nSPS) is 14.1. The number of amides is 1. The SMILES string of the molecule is COc1ccc(C(N)=O)c(-c2ccc3c(c2)CNCC3)c1C(F)(F)F. The molecular weight excluding hydrogens is 333 g/mol. The van der Waals surface area contributed by atoms with Crippen LogP contribution in [0.4, 0.5) is 13.2 Å². The molecule has 7 heteroatoms. The molecule has 1 aliphatic heterocycles. The molecule has 0 atom stereocenters. The van der Waals surface area contributed by atoms with E-state index in [4.69, 9.17) is 10.5 Å². The van der Waals surface area contributed by atoms with Crippen LogP contribution in [0.1, 0.15) is 27.0 Å². The summed E-state index contributed by atoms with van der Waals surface area (Å²) in [7, 11) is 1.16. The van der Waals surface area contributed by atoms with Gasteiger partial charge in [0.05, 0.1) is 7.11 Å². The van der Waals surface area contributed by atoms with E-state index < -0.39 is 17.6 Å². The Balaban J connectivity index is 2.31. The lowest BCUT2D eigenvalue weighted by molar-refractivity contribution is -0.138. The molecule has 0 fully saturated rings. The first kappa shape index (κ1) is 17.3. The van der Waals surface area contributed by atoms with Gasteiger partial charge in [-0.25, -0.2) is 0 Å². The summed E-state index contributed by atoms with van der Waals surface area (Å²) < 4.78 is 46.1. The third-order valence-corrected chi connectivity index (χ3v) is 4.32. The fraction of sp³-hybridized carbons (Fsp3) is 0.278. The highest BCUT2D eigenvalue weighted by Gasteiger charge is 2.39. The van der Waals surface area contributed by atoms with E-state index in [1.807, 2.05) is 0 Å². The molecule has 0 unspecified atom stereocenters. The second kappa shape index (κ2) is 6.40. The third-order valence-electron chi connectivity index (χ3n) is 4.32. The molecule has 0 spiro atoms. The Morgan fingerprint density at radius 1 is 1.20 bits per heavy atom. The predicted octanol–water partition coefficient (Wildman–Crippen LogP) is 3.13. The van der Waals surface area contributed by atoms with Crippen molar-refractivity contribution in [2.45, 2.75) is 19.1 Å². The molecule has 25 heavy (non-hydrogen) atoms. The molecule has 0 aliphatic carbocycles. The van der Waals surface area contributed by atoms with E-state index in [2.05, 4.69) is 5.32 Å². The number of carbonyl (C=O) groups excluding carboxylic acids is 1. The second-order valence-electron chi connectivity index (χ2n) is 5.84. The quantitative estimate of drug-likeness (QED) is 0.894. The van der Waals surface area contributed by atoms with Crippen molar-refractivity contribution in [1.29, 1.82) is 0 Å². The lowest BCUT2D eigenvalue weighted by Gasteiger charge is -2.22. The molecule has 3 rings (SSSR count). The number of hydrogen-bond acceptors (Lipinski definition) is 3. The van der Waals surface area contributed by atoms with Gasteiger partial charge in [-0.05, 0) is 47.9 Å².